The van der Waals surface area contributed by atoms with Crippen LogP contribution in [0.3, 0.4) is 0 Å². The molecule has 52 heavy (non-hydrogen) atoms. The van der Waals surface area contributed by atoms with E-state index in [1.165, 1.54) is 6.07 Å². The van der Waals surface area contributed by atoms with Gasteiger partial charge in [-0.3, -0.25) is 19.1 Å². The van der Waals surface area contributed by atoms with E-state index in [1.807, 2.05) is 24.3 Å². The molecule has 3 aliphatic heterocycles. The van der Waals surface area contributed by atoms with Gasteiger partial charge in [0, 0.05) is 44.0 Å². The highest BCUT2D eigenvalue weighted by atomic mass is 35.5. The van der Waals surface area contributed by atoms with Gasteiger partial charge in [-0.25, -0.2) is 4.79 Å². The molecule has 5 heterocycles. The number of anilines is 1. The van der Waals surface area contributed by atoms with Gasteiger partial charge in [0.1, 0.15) is 0 Å². The molecule has 278 valence electrons. The zero-order valence-corrected chi connectivity index (χ0v) is 30.1. The van der Waals surface area contributed by atoms with E-state index in [-0.39, 0.29) is 47.0 Å². The summed E-state index contributed by atoms with van der Waals surface area (Å²) >= 11 is 6.17. The maximum Gasteiger partial charge on any atom is 0.418 e. The number of nitrogens with two attached hydrogens (primary N) is 1. The molecule has 1 atom stereocenters. The number of rotatable bonds is 7. The summed E-state index contributed by atoms with van der Waals surface area (Å²) in [7, 11) is 2.14. The third-order valence-corrected chi connectivity index (χ3v) is 12.0. The van der Waals surface area contributed by atoms with Gasteiger partial charge in [-0.15, -0.1) is 0 Å². The van der Waals surface area contributed by atoms with Crippen molar-refractivity contribution in [2.24, 2.45) is 17.8 Å². The molecule has 0 spiro atoms. The second kappa shape index (κ2) is 14.7. The van der Waals surface area contributed by atoms with Crippen LogP contribution in [0.2, 0.25) is 5.02 Å². The summed E-state index contributed by atoms with van der Waals surface area (Å²) in [5.41, 5.74) is 6.27. The molecule has 0 aliphatic carbocycles. The number of imidazole rings is 1. The average molecular weight is 740 g/mol. The van der Waals surface area contributed by atoms with E-state index < -0.39 is 23.3 Å². The van der Waals surface area contributed by atoms with E-state index in [4.69, 9.17) is 17.3 Å². The summed E-state index contributed by atoms with van der Waals surface area (Å²) in [6.07, 6.45) is 1.83. The van der Waals surface area contributed by atoms with Crippen LogP contribution >= 0.6 is 11.6 Å². The highest BCUT2D eigenvalue weighted by molar-refractivity contribution is 6.33. The molecule has 2 amide bonds. The molecule has 0 unspecified atom stereocenters. The first kappa shape index (κ1) is 36.3. The molecular formula is C38H45ClF3N7O3. The monoisotopic (exact) mass is 739 g/mol. The maximum atomic E-state index is 14.2. The number of aromatic nitrogens is 3. The Kier molecular flexibility index (Phi) is 10.3. The molecule has 0 radical (unpaired) electrons. The van der Waals surface area contributed by atoms with Gasteiger partial charge in [0.25, 0.3) is 0 Å². The Bertz CT molecular complexity index is 2010. The molecule has 4 aromatic rings. The lowest BCUT2D eigenvalue weighted by Crippen LogP contribution is -2.46. The number of fused-ring (bicyclic) bond motifs is 3. The number of nitrogens with zero attached hydrogens (tertiary/aromatic N) is 5. The van der Waals surface area contributed by atoms with Crippen LogP contribution in [0, 0.1) is 17.8 Å². The van der Waals surface area contributed by atoms with Crippen LogP contribution in [0.4, 0.5) is 18.9 Å². The van der Waals surface area contributed by atoms with E-state index in [9.17, 15) is 27.6 Å². The van der Waals surface area contributed by atoms with Crippen molar-refractivity contribution in [2.75, 3.05) is 52.0 Å². The van der Waals surface area contributed by atoms with E-state index in [0.717, 1.165) is 61.3 Å². The van der Waals surface area contributed by atoms with Crippen molar-refractivity contribution in [1.82, 2.24) is 29.2 Å². The van der Waals surface area contributed by atoms with Crippen molar-refractivity contribution in [2.45, 2.75) is 63.6 Å². The molecule has 14 heteroatoms. The molecule has 2 aromatic heterocycles. The Morgan fingerprint density at radius 2 is 1.60 bits per heavy atom. The number of amides is 2. The Hall–Kier alpha value is -4.10. The minimum atomic E-state index is -4.73. The van der Waals surface area contributed by atoms with Crippen molar-refractivity contribution in [3.05, 3.63) is 69.2 Å². The smallest absolute Gasteiger partial charge is 0.397 e. The summed E-state index contributed by atoms with van der Waals surface area (Å²) in [5.74, 6) is -0.182. The van der Waals surface area contributed by atoms with Gasteiger partial charge >= 0.3 is 11.9 Å². The second-order valence-corrected chi connectivity index (χ2v) is 15.3. The number of para-hydroxylation sites is 1. The fourth-order valence-corrected chi connectivity index (χ4v) is 8.95. The van der Waals surface area contributed by atoms with Crippen LogP contribution in [0.15, 0.2) is 47.4 Å². The average Bonchev–Trinajstić information content (AvgIpc) is 3.48. The fourth-order valence-electron chi connectivity index (χ4n) is 8.70. The fraction of sp³-hybridized carbons (Fsp3) is 0.526. The van der Waals surface area contributed by atoms with Crippen molar-refractivity contribution in [1.29, 1.82) is 0 Å². The van der Waals surface area contributed by atoms with E-state index in [1.54, 1.807) is 20.6 Å². The zero-order valence-electron chi connectivity index (χ0n) is 29.3. The largest absolute Gasteiger partial charge is 0.418 e. The molecule has 2 aromatic carbocycles. The minimum absolute atomic E-state index is 0.0787. The number of aromatic amines is 1. The molecule has 3 saturated heterocycles. The van der Waals surface area contributed by atoms with Gasteiger partial charge in [0.05, 0.1) is 44.9 Å². The zero-order chi connectivity index (χ0) is 36.7. The number of nitrogens with one attached hydrogen (secondary N) is 1. The first-order chi connectivity index (χ1) is 24.9. The number of halogens is 4. The van der Waals surface area contributed by atoms with Crippen LogP contribution in [0.5, 0.6) is 0 Å². The van der Waals surface area contributed by atoms with E-state index in [2.05, 4.69) is 21.9 Å². The number of hydrogen-bond acceptors (Lipinski definition) is 6. The second-order valence-electron chi connectivity index (χ2n) is 14.9. The van der Waals surface area contributed by atoms with Gasteiger partial charge in [0.2, 0.25) is 11.8 Å². The molecule has 10 nitrogen and oxygen atoms in total. The Balaban J connectivity index is 1.06. The number of likely N-dealkylation sites (tertiary alicyclic amines) is 3. The quantitative estimate of drug-likeness (QED) is 0.220. The van der Waals surface area contributed by atoms with Crippen molar-refractivity contribution < 1.29 is 22.8 Å². The minimum Gasteiger partial charge on any atom is -0.397 e. The highest BCUT2D eigenvalue weighted by Gasteiger charge is 2.37. The lowest BCUT2D eigenvalue weighted by molar-refractivity contribution is -0.143. The summed E-state index contributed by atoms with van der Waals surface area (Å²) in [5, 5.41) is 0.619. The third kappa shape index (κ3) is 7.39. The number of alkyl halides is 3. The van der Waals surface area contributed by atoms with Crippen LogP contribution in [-0.4, -0.2) is 87.4 Å². The van der Waals surface area contributed by atoms with Crippen molar-refractivity contribution in [3.63, 3.8) is 0 Å². The number of H-pyrrole nitrogens is 1. The lowest BCUT2D eigenvalue weighted by atomic mass is 9.78. The number of carbonyl (C=O) groups excluding carboxylic acids is 2. The maximum absolute atomic E-state index is 14.2. The van der Waals surface area contributed by atoms with Gasteiger partial charge in [0.15, 0.2) is 0 Å². The number of benzene rings is 2. The third-order valence-electron chi connectivity index (χ3n) is 11.7. The lowest BCUT2D eigenvalue weighted by Gasteiger charge is -2.40. The molecule has 0 saturated carbocycles. The van der Waals surface area contributed by atoms with Gasteiger partial charge < -0.3 is 25.4 Å². The first-order valence-corrected chi connectivity index (χ1v) is 18.6. The topological polar surface area (TPSA) is 121 Å². The molecule has 3 fully saturated rings. The number of pyridine rings is 1. The van der Waals surface area contributed by atoms with Crippen molar-refractivity contribution in [3.8, 4) is 0 Å². The molecule has 3 aliphatic rings. The van der Waals surface area contributed by atoms with Crippen LogP contribution < -0.4 is 11.4 Å². The summed E-state index contributed by atoms with van der Waals surface area (Å²) < 4.78 is 43.3. The summed E-state index contributed by atoms with van der Waals surface area (Å²) in [4.78, 5) is 54.6. The predicted octanol–water partition coefficient (Wildman–Crippen LogP) is 6.13. The number of piperidine rings is 3. The molecular weight excluding hydrogens is 695 g/mol. The SMILES string of the molecule is CN1CCC(C2CCN(C(=O)[C@H](CC(=O)N3CCC(n4c(=O)[nH]c5c6ccccc6ncc54)CC3)Cc3cc(Cl)c(N)c(C(F)(F)F)c3)CC2)CC1. The standard InChI is InChI=1S/C38H45ClF3N7O3/c1-46-12-6-24(7-13-46)25-8-14-48(15-9-25)36(51)26(18-23-19-29(38(40,41)42)34(43)30(39)20-23)21-33(50)47-16-10-27(11-17-47)49-32-22-44-31-5-3-2-4-28(31)35(32)45-37(49)52/h2-5,19-20,22,24-27H,6-18,21,43H2,1H3,(H,45,52)/t26-/m0/s1. The number of nitrogen functional groups attached to an aromatic ring is 1. The van der Waals surface area contributed by atoms with E-state index >= 15 is 0 Å². The highest BCUT2D eigenvalue weighted by Crippen LogP contribution is 2.39. The number of hydrogen-bond donors (Lipinski definition) is 2. The molecule has 0 bridgehead atoms. The normalized spacial score (nSPS) is 19.5. The Morgan fingerprint density at radius 1 is 0.962 bits per heavy atom. The van der Waals surface area contributed by atoms with Gasteiger partial charge in [-0.05, 0) is 101 Å². The molecule has 7 rings (SSSR count). The summed E-state index contributed by atoms with van der Waals surface area (Å²) in [6, 6.07) is 9.76. The summed E-state index contributed by atoms with van der Waals surface area (Å²) in [6.45, 7) is 4.01. The predicted molar refractivity (Wildman–Crippen MR) is 195 cm³/mol. The van der Waals surface area contributed by atoms with Crippen LogP contribution in [0.25, 0.3) is 21.9 Å². The van der Waals surface area contributed by atoms with Crippen molar-refractivity contribution >= 4 is 51.0 Å². The van der Waals surface area contributed by atoms with E-state index in [0.29, 0.717) is 56.4 Å². The molecule has 3 N–H and O–H groups in total. The van der Waals surface area contributed by atoms with Crippen LogP contribution in [-0.2, 0) is 22.2 Å². The number of carbonyl (C=O) groups is 2. The van der Waals surface area contributed by atoms with Gasteiger partial charge in [-0.2, -0.15) is 13.2 Å². The first-order valence-electron chi connectivity index (χ1n) is 18.3. The Morgan fingerprint density at radius 3 is 2.27 bits per heavy atom. The van der Waals surface area contributed by atoms with Gasteiger partial charge in [-0.1, -0.05) is 29.8 Å². The Labute approximate surface area is 305 Å². The van der Waals surface area contributed by atoms with Crippen LogP contribution in [0.1, 0.15) is 62.1 Å².